The standard InChI is InChI=1S/C11H12N4O2/c1-8(16)6-11(17)12-7-10-14-13-9-4-2-3-5-15(9)10/h2-5H,6-7H2,1H3,(H,12,17). The summed E-state index contributed by atoms with van der Waals surface area (Å²) in [5.41, 5.74) is 0.725. The second kappa shape index (κ2) is 4.73. The van der Waals surface area contributed by atoms with E-state index < -0.39 is 0 Å². The van der Waals surface area contributed by atoms with E-state index in [1.54, 1.807) is 4.40 Å². The SMILES string of the molecule is CC(=O)CC(=O)NCc1nnc2ccccn12. The zero-order chi connectivity index (χ0) is 12.3. The minimum atomic E-state index is -0.301. The van der Waals surface area contributed by atoms with Crippen molar-refractivity contribution in [2.45, 2.75) is 19.9 Å². The van der Waals surface area contributed by atoms with Crippen molar-refractivity contribution in [3.8, 4) is 0 Å². The van der Waals surface area contributed by atoms with Crippen LogP contribution in [-0.2, 0) is 16.1 Å². The van der Waals surface area contributed by atoms with Crippen molar-refractivity contribution >= 4 is 17.3 Å². The molecule has 2 rings (SSSR count). The summed E-state index contributed by atoms with van der Waals surface area (Å²) in [6.07, 6.45) is 1.72. The van der Waals surface area contributed by atoms with Gasteiger partial charge in [-0.15, -0.1) is 10.2 Å². The van der Waals surface area contributed by atoms with Crippen LogP contribution >= 0.6 is 0 Å². The Morgan fingerprint density at radius 2 is 2.18 bits per heavy atom. The number of rotatable bonds is 4. The van der Waals surface area contributed by atoms with Gasteiger partial charge in [0.1, 0.15) is 5.78 Å². The molecule has 1 N–H and O–H groups in total. The summed E-state index contributed by atoms with van der Waals surface area (Å²) in [5, 5.41) is 10.5. The van der Waals surface area contributed by atoms with Crippen LogP contribution < -0.4 is 5.32 Å². The van der Waals surface area contributed by atoms with Gasteiger partial charge < -0.3 is 5.32 Å². The molecule has 0 saturated carbocycles. The van der Waals surface area contributed by atoms with E-state index in [1.807, 2.05) is 24.4 Å². The molecule has 2 aromatic heterocycles. The number of hydrogen-bond donors (Lipinski definition) is 1. The molecule has 0 bridgehead atoms. The number of hydrogen-bond acceptors (Lipinski definition) is 4. The van der Waals surface area contributed by atoms with Gasteiger partial charge in [-0.05, 0) is 19.1 Å². The molecule has 0 radical (unpaired) electrons. The Morgan fingerprint density at radius 1 is 1.35 bits per heavy atom. The molecule has 2 heterocycles. The fraction of sp³-hybridized carbons (Fsp3) is 0.273. The summed E-state index contributed by atoms with van der Waals surface area (Å²) in [4.78, 5) is 22.0. The van der Waals surface area contributed by atoms with Gasteiger partial charge >= 0.3 is 0 Å². The quantitative estimate of drug-likeness (QED) is 0.770. The third-order valence-corrected chi connectivity index (χ3v) is 2.24. The second-order valence-corrected chi connectivity index (χ2v) is 3.70. The number of nitrogens with zero attached hydrogens (tertiary/aromatic N) is 3. The van der Waals surface area contributed by atoms with E-state index in [4.69, 9.17) is 0 Å². The Kier molecular flexibility index (Phi) is 3.13. The number of amides is 1. The Balaban J connectivity index is 2.04. The Bertz CT molecular complexity index is 561. The van der Waals surface area contributed by atoms with E-state index in [1.165, 1.54) is 6.92 Å². The largest absolute Gasteiger partial charge is 0.348 e. The van der Waals surface area contributed by atoms with Gasteiger partial charge in [-0.25, -0.2) is 0 Å². The molecule has 2 aromatic rings. The lowest BCUT2D eigenvalue weighted by Gasteiger charge is -2.02. The molecule has 88 valence electrons. The number of pyridine rings is 1. The number of carbonyl (C=O) groups excluding carboxylic acids is 2. The molecule has 1 amide bonds. The molecule has 0 aliphatic rings. The molecule has 0 aromatic carbocycles. The first kappa shape index (κ1) is 11.3. The van der Waals surface area contributed by atoms with Crippen LogP contribution in [0.4, 0.5) is 0 Å². The Labute approximate surface area is 97.7 Å². The first-order valence-corrected chi connectivity index (χ1v) is 5.21. The van der Waals surface area contributed by atoms with Crippen molar-refractivity contribution in [1.82, 2.24) is 19.9 Å². The number of ketones is 1. The predicted molar refractivity (Wildman–Crippen MR) is 60.1 cm³/mol. The topological polar surface area (TPSA) is 76.4 Å². The maximum absolute atomic E-state index is 11.3. The summed E-state index contributed by atoms with van der Waals surface area (Å²) in [6.45, 7) is 1.64. The van der Waals surface area contributed by atoms with Crippen molar-refractivity contribution in [2.24, 2.45) is 0 Å². The maximum atomic E-state index is 11.3. The van der Waals surface area contributed by atoms with Gasteiger partial charge in [0.15, 0.2) is 11.5 Å². The fourth-order valence-corrected chi connectivity index (χ4v) is 1.48. The van der Waals surface area contributed by atoms with Crippen LogP contribution in [0.25, 0.3) is 5.65 Å². The number of carbonyl (C=O) groups is 2. The highest BCUT2D eigenvalue weighted by molar-refractivity contribution is 5.96. The lowest BCUT2D eigenvalue weighted by molar-refractivity contribution is -0.127. The van der Waals surface area contributed by atoms with E-state index in [0.717, 1.165) is 5.65 Å². The van der Waals surface area contributed by atoms with Crippen LogP contribution in [0.3, 0.4) is 0 Å². The van der Waals surface area contributed by atoms with Gasteiger partial charge in [0.05, 0.1) is 13.0 Å². The molecule has 6 nitrogen and oxygen atoms in total. The van der Waals surface area contributed by atoms with Crippen molar-refractivity contribution in [1.29, 1.82) is 0 Å². The molecule has 0 saturated heterocycles. The summed E-state index contributed by atoms with van der Waals surface area (Å²) in [7, 11) is 0. The number of fused-ring (bicyclic) bond motifs is 1. The Hall–Kier alpha value is -2.24. The predicted octanol–water partition coefficient (Wildman–Crippen LogP) is 0.325. The van der Waals surface area contributed by atoms with Crippen LogP contribution in [0, 0.1) is 0 Å². The van der Waals surface area contributed by atoms with E-state index in [0.29, 0.717) is 5.82 Å². The highest BCUT2D eigenvalue weighted by Gasteiger charge is 2.08. The second-order valence-electron chi connectivity index (χ2n) is 3.70. The molecule has 17 heavy (non-hydrogen) atoms. The smallest absolute Gasteiger partial charge is 0.227 e. The lowest BCUT2D eigenvalue weighted by Crippen LogP contribution is -2.25. The monoisotopic (exact) mass is 232 g/mol. The molecular formula is C11H12N4O2. The molecule has 0 spiro atoms. The van der Waals surface area contributed by atoms with Gasteiger partial charge in [-0.1, -0.05) is 6.07 Å². The van der Waals surface area contributed by atoms with Crippen LogP contribution in [-0.4, -0.2) is 26.3 Å². The van der Waals surface area contributed by atoms with Crippen molar-refractivity contribution in [3.63, 3.8) is 0 Å². The zero-order valence-electron chi connectivity index (χ0n) is 9.38. The normalized spacial score (nSPS) is 10.4. The van der Waals surface area contributed by atoms with Crippen LogP contribution in [0.1, 0.15) is 19.2 Å². The van der Waals surface area contributed by atoms with Gasteiger partial charge in [0, 0.05) is 6.20 Å². The van der Waals surface area contributed by atoms with E-state index in [-0.39, 0.29) is 24.7 Å². The van der Waals surface area contributed by atoms with E-state index in [2.05, 4.69) is 15.5 Å². The molecule has 0 unspecified atom stereocenters. The van der Waals surface area contributed by atoms with Gasteiger partial charge in [-0.2, -0.15) is 0 Å². The third-order valence-electron chi connectivity index (χ3n) is 2.24. The molecule has 0 fully saturated rings. The highest BCUT2D eigenvalue weighted by Crippen LogP contribution is 2.02. The van der Waals surface area contributed by atoms with Crippen molar-refractivity contribution < 1.29 is 9.59 Å². The molecule has 0 aliphatic carbocycles. The van der Waals surface area contributed by atoms with Gasteiger partial charge in [-0.3, -0.25) is 14.0 Å². The van der Waals surface area contributed by atoms with Gasteiger partial charge in [0.2, 0.25) is 5.91 Å². The Morgan fingerprint density at radius 3 is 2.94 bits per heavy atom. The average Bonchev–Trinajstić information content (AvgIpc) is 2.69. The lowest BCUT2D eigenvalue weighted by atomic mass is 10.3. The maximum Gasteiger partial charge on any atom is 0.227 e. The number of aromatic nitrogens is 3. The first-order chi connectivity index (χ1) is 8.16. The van der Waals surface area contributed by atoms with Crippen LogP contribution in [0.5, 0.6) is 0 Å². The highest BCUT2D eigenvalue weighted by atomic mass is 16.2. The van der Waals surface area contributed by atoms with E-state index >= 15 is 0 Å². The van der Waals surface area contributed by atoms with Crippen LogP contribution in [0.15, 0.2) is 24.4 Å². The third kappa shape index (κ3) is 2.66. The molecule has 0 atom stereocenters. The molecular weight excluding hydrogens is 220 g/mol. The summed E-state index contributed by atoms with van der Waals surface area (Å²) < 4.78 is 1.79. The minimum absolute atomic E-state index is 0.100. The summed E-state index contributed by atoms with van der Waals surface area (Å²) in [5.74, 6) is 0.177. The molecule has 0 aliphatic heterocycles. The zero-order valence-corrected chi connectivity index (χ0v) is 9.38. The van der Waals surface area contributed by atoms with Crippen molar-refractivity contribution in [2.75, 3.05) is 0 Å². The average molecular weight is 232 g/mol. The number of nitrogens with one attached hydrogen (secondary N) is 1. The first-order valence-electron chi connectivity index (χ1n) is 5.21. The molecule has 6 heteroatoms. The van der Waals surface area contributed by atoms with Crippen molar-refractivity contribution in [3.05, 3.63) is 30.2 Å². The minimum Gasteiger partial charge on any atom is -0.348 e. The van der Waals surface area contributed by atoms with E-state index in [9.17, 15) is 9.59 Å². The van der Waals surface area contributed by atoms with Crippen LogP contribution in [0.2, 0.25) is 0 Å². The number of Topliss-reactive ketones (excluding diaryl/α,β-unsaturated/α-hetero) is 1. The summed E-state index contributed by atoms with van der Waals surface area (Å²) in [6, 6.07) is 5.55. The summed E-state index contributed by atoms with van der Waals surface area (Å²) >= 11 is 0. The van der Waals surface area contributed by atoms with Gasteiger partial charge in [0.25, 0.3) is 0 Å². The fourth-order valence-electron chi connectivity index (χ4n) is 1.48.